The highest BCUT2D eigenvalue weighted by molar-refractivity contribution is 6.30. The number of aromatic nitrogens is 2. The van der Waals surface area contributed by atoms with Gasteiger partial charge in [0.25, 0.3) is 11.6 Å². The average molecular weight is 389 g/mol. The highest BCUT2D eigenvalue weighted by Crippen LogP contribution is 2.28. The van der Waals surface area contributed by atoms with E-state index in [0.29, 0.717) is 10.8 Å². The van der Waals surface area contributed by atoms with Crippen LogP contribution in [0.4, 0.5) is 11.4 Å². The number of amides is 1. The number of nitro groups is 1. The topological polar surface area (TPSA) is 120 Å². The van der Waals surface area contributed by atoms with E-state index in [2.05, 4.69) is 10.4 Å². The minimum Gasteiger partial charge on any atom is -0.506 e. The molecule has 0 unspecified atom stereocenters. The number of carbonyl (C=O) groups excluding carboxylic acids is 1. The van der Waals surface area contributed by atoms with Crippen LogP contribution in [0.25, 0.3) is 0 Å². The van der Waals surface area contributed by atoms with E-state index >= 15 is 0 Å². The summed E-state index contributed by atoms with van der Waals surface area (Å²) in [6.45, 7) is -0.0242. The first-order chi connectivity index (χ1) is 12.9. The lowest BCUT2D eigenvalue weighted by Crippen LogP contribution is -2.19. The second-order valence-corrected chi connectivity index (χ2v) is 5.79. The number of anilines is 1. The van der Waals surface area contributed by atoms with Crippen molar-refractivity contribution in [3.05, 3.63) is 75.6 Å². The van der Waals surface area contributed by atoms with E-state index in [1.165, 1.54) is 29.1 Å². The van der Waals surface area contributed by atoms with Gasteiger partial charge in [-0.3, -0.25) is 14.9 Å². The van der Waals surface area contributed by atoms with E-state index in [4.69, 9.17) is 16.3 Å². The number of carbonyl (C=O) groups is 1. The van der Waals surface area contributed by atoms with E-state index in [-0.39, 0.29) is 23.8 Å². The van der Waals surface area contributed by atoms with Gasteiger partial charge in [0.2, 0.25) is 0 Å². The molecule has 0 radical (unpaired) electrons. The Kier molecular flexibility index (Phi) is 5.23. The van der Waals surface area contributed by atoms with E-state index in [1.54, 1.807) is 24.3 Å². The fourth-order valence-electron chi connectivity index (χ4n) is 2.22. The number of phenols is 1. The van der Waals surface area contributed by atoms with Gasteiger partial charge in [0.1, 0.15) is 17.2 Å². The Balaban J connectivity index is 1.70. The maximum atomic E-state index is 12.4. The van der Waals surface area contributed by atoms with Crippen LogP contribution in [0, 0.1) is 10.1 Å². The molecule has 3 rings (SSSR count). The largest absolute Gasteiger partial charge is 0.506 e. The van der Waals surface area contributed by atoms with Gasteiger partial charge in [-0.2, -0.15) is 5.10 Å². The molecule has 9 nitrogen and oxygen atoms in total. The minimum atomic E-state index is -0.644. The van der Waals surface area contributed by atoms with Gasteiger partial charge in [-0.15, -0.1) is 0 Å². The number of nitro benzene ring substituents is 1. The van der Waals surface area contributed by atoms with Crippen LogP contribution in [-0.4, -0.2) is 25.7 Å². The van der Waals surface area contributed by atoms with Crippen molar-refractivity contribution in [1.82, 2.24) is 9.78 Å². The molecule has 0 saturated heterocycles. The lowest BCUT2D eigenvalue weighted by Gasteiger charge is -2.11. The lowest BCUT2D eigenvalue weighted by molar-refractivity contribution is -0.384. The fraction of sp³-hybridized carbons (Fsp3) is 0.0588. The van der Waals surface area contributed by atoms with Gasteiger partial charge < -0.3 is 15.2 Å². The normalized spacial score (nSPS) is 10.4. The summed E-state index contributed by atoms with van der Waals surface area (Å²) in [6, 6.07) is 11.6. The Morgan fingerprint density at radius 3 is 2.67 bits per heavy atom. The van der Waals surface area contributed by atoms with E-state index < -0.39 is 16.6 Å². The molecule has 1 amide bonds. The molecule has 0 saturated carbocycles. The zero-order chi connectivity index (χ0) is 19.4. The first-order valence-corrected chi connectivity index (χ1v) is 8.01. The van der Waals surface area contributed by atoms with Gasteiger partial charge in [0.15, 0.2) is 6.73 Å². The number of nitrogens with one attached hydrogen (secondary N) is 1. The molecular formula is C17H13ClN4O5. The number of hydrogen-bond acceptors (Lipinski definition) is 6. The molecule has 2 aromatic carbocycles. The van der Waals surface area contributed by atoms with Gasteiger partial charge in [0, 0.05) is 17.3 Å². The molecule has 2 N–H and O–H groups in total. The number of phenolic OH excluding ortho intramolecular Hbond substituents is 1. The highest BCUT2D eigenvalue weighted by Gasteiger charge is 2.16. The van der Waals surface area contributed by atoms with Crippen molar-refractivity contribution in [3.63, 3.8) is 0 Å². The second-order valence-electron chi connectivity index (χ2n) is 5.36. The maximum absolute atomic E-state index is 12.4. The standard InChI is InChI=1S/C17H13ClN4O5/c18-11-1-4-13(5-2-11)27-10-21-15(7-8-19-21)17(24)20-14-6-3-12(22(25)26)9-16(14)23/h1-9,23H,10H2,(H,20,24). The molecule has 3 aromatic rings. The summed E-state index contributed by atoms with van der Waals surface area (Å²) < 4.78 is 6.88. The number of ether oxygens (including phenoxy) is 1. The van der Waals surface area contributed by atoms with Crippen molar-refractivity contribution in [2.45, 2.75) is 6.73 Å². The molecule has 0 aliphatic carbocycles. The quantitative estimate of drug-likeness (QED) is 0.379. The number of halogens is 1. The number of nitrogens with zero attached hydrogens (tertiary/aromatic N) is 3. The molecule has 138 valence electrons. The van der Waals surface area contributed by atoms with Crippen LogP contribution in [0.5, 0.6) is 11.5 Å². The molecule has 0 fully saturated rings. The summed E-state index contributed by atoms with van der Waals surface area (Å²) >= 11 is 5.81. The van der Waals surface area contributed by atoms with Crippen LogP contribution < -0.4 is 10.1 Å². The minimum absolute atomic E-state index is 0.0242. The first kappa shape index (κ1) is 18.2. The van der Waals surface area contributed by atoms with Crippen LogP contribution in [-0.2, 0) is 6.73 Å². The van der Waals surface area contributed by atoms with Crippen molar-refractivity contribution in [2.75, 3.05) is 5.32 Å². The summed E-state index contributed by atoms with van der Waals surface area (Å²) in [4.78, 5) is 22.5. The van der Waals surface area contributed by atoms with Crippen molar-refractivity contribution in [3.8, 4) is 11.5 Å². The third-order valence-corrected chi connectivity index (χ3v) is 3.81. The van der Waals surface area contributed by atoms with Gasteiger partial charge in [0.05, 0.1) is 16.7 Å². The SMILES string of the molecule is O=C(Nc1ccc([N+](=O)[O-])cc1O)c1ccnn1COc1ccc(Cl)cc1. The van der Waals surface area contributed by atoms with Crippen molar-refractivity contribution < 1.29 is 19.6 Å². The van der Waals surface area contributed by atoms with Gasteiger partial charge in [-0.25, -0.2) is 4.68 Å². The lowest BCUT2D eigenvalue weighted by atomic mass is 10.2. The highest BCUT2D eigenvalue weighted by atomic mass is 35.5. The summed E-state index contributed by atoms with van der Waals surface area (Å²) in [7, 11) is 0. The Bertz CT molecular complexity index is 987. The molecule has 0 bridgehead atoms. The van der Waals surface area contributed by atoms with Crippen molar-refractivity contribution >= 4 is 28.9 Å². The third-order valence-electron chi connectivity index (χ3n) is 3.56. The monoisotopic (exact) mass is 388 g/mol. The fourth-order valence-corrected chi connectivity index (χ4v) is 2.35. The average Bonchev–Trinajstić information content (AvgIpc) is 3.11. The Morgan fingerprint density at radius 1 is 1.26 bits per heavy atom. The van der Waals surface area contributed by atoms with Crippen LogP contribution in [0.3, 0.4) is 0 Å². The Labute approximate surface area is 157 Å². The smallest absolute Gasteiger partial charge is 0.274 e. The summed E-state index contributed by atoms with van der Waals surface area (Å²) in [5.74, 6) is -0.424. The molecular weight excluding hydrogens is 376 g/mol. The number of non-ortho nitro benzene ring substituents is 1. The molecule has 27 heavy (non-hydrogen) atoms. The molecule has 0 spiro atoms. The molecule has 1 heterocycles. The molecule has 0 atom stereocenters. The van der Waals surface area contributed by atoms with Crippen molar-refractivity contribution in [2.24, 2.45) is 0 Å². The number of benzene rings is 2. The van der Waals surface area contributed by atoms with Gasteiger partial charge in [-0.05, 0) is 36.4 Å². The van der Waals surface area contributed by atoms with Gasteiger partial charge >= 0.3 is 0 Å². The van der Waals surface area contributed by atoms with Crippen LogP contribution >= 0.6 is 11.6 Å². The molecule has 0 aliphatic heterocycles. The van der Waals surface area contributed by atoms with Crippen LogP contribution in [0.15, 0.2) is 54.7 Å². The summed E-state index contributed by atoms with van der Waals surface area (Å²) in [5.41, 5.74) is -0.0643. The zero-order valence-corrected chi connectivity index (χ0v) is 14.5. The molecule has 1 aromatic heterocycles. The second kappa shape index (κ2) is 7.75. The zero-order valence-electron chi connectivity index (χ0n) is 13.7. The van der Waals surface area contributed by atoms with Crippen molar-refractivity contribution in [1.29, 1.82) is 0 Å². The molecule has 0 aliphatic rings. The number of rotatable bonds is 6. The van der Waals surface area contributed by atoms with Crippen LogP contribution in [0.2, 0.25) is 5.02 Å². The number of hydrogen-bond donors (Lipinski definition) is 2. The number of aromatic hydroxyl groups is 1. The predicted octanol–water partition coefficient (Wildman–Crippen LogP) is 3.44. The third kappa shape index (κ3) is 4.33. The Hall–Kier alpha value is -3.59. The van der Waals surface area contributed by atoms with Gasteiger partial charge in [-0.1, -0.05) is 11.6 Å². The first-order valence-electron chi connectivity index (χ1n) is 7.63. The Morgan fingerprint density at radius 2 is 2.00 bits per heavy atom. The van der Waals surface area contributed by atoms with Crippen LogP contribution in [0.1, 0.15) is 10.5 Å². The summed E-state index contributed by atoms with van der Waals surface area (Å²) in [6.07, 6.45) is 1.43. The summed E-state index contributed by atoms with van der Waals surface area (Å²) in [5, 5.41) is 27.6. The predicted molar refractivity (Wildman–Crippen MR) is 97.0 cm³/mol. The molecule has 10 heteroatoms. The van der Waals surface area contributed by atoms with E-state index in [9.17, 15) is 20.0 Å². The van der Waals surface area contributed by atoms with E-state index in [0.717, 1.165) is 6.07 Å². The maximum Gasteiger partial charge on any atom is 0.274 e. The van der Waals surface area contributed by atoms with E-state index in [1.807, 2.05) is 0 Å².